The molecule has 0 aliphatic carbocycles. The summed E-state index contributed by atoms with van der Waals surface area (Å²) in [5.41, 5.74) is 2.12. The number of nitrogens with zero attached hydrogens (tertiary/aromatic N) is 2. The van der Waals surface area contributed by atoms with Crippen LogP contribution >= 0.6 is 12.4 Å². The molecule has 1 fully saturated rings. The first-order valence-corrected chi connectivity index (χ1v) is 8.10. The standard InChI is InChI=1S/C18H23N3O2.ClH/c1-13(22)21-10-8-14-5-3-4-6-16(14)17(21)11-18(23)20(2)15-7-9-19-12-15;/h3-6,8,10,15,17,19H,7,9,11-12H2,1-2H3;1H. The van der Waals surface area contributed by atoms with Crippen LogP contribution in [0.3, 0.4) is 0 Å². The molecule has 2 amide bonds. The number of fused-ring (bicyclic) bond motifs is 1. The summed E-state index contributed by atoms with van der Waals surface area (Å²) in [7, 11) is 1.86. The number of amides is 2. The Morgan fingerprint density at radius 2 is 2.08 bits per heavy atom. The van der Waals surface area contributed by atoms with E-state index in [1.165, 1.54) is 0 Å². The first-order chi connectivity index (χ1) is 11.1. The number of hydrogen-bond donors (Lipinski definition) is 1. The van der Waals surface area contributed by atoms with Gasteiger partial charge in [0.2, 0.25) is 11.8 Å². The lowest BCUT2D eigenvalue weighted by Crippen LogP contribution is -2.41. The molecule has 0 aromatic heterocycles. The molecule has 2 heterocycles. The topological polar surface area (TPSA) is 52.7 Å². The largest absolute Gasteiger partial charge is 0.341 e. The third-order valence-electron chi connectivity index (χ3n) is 4.81. The summed E-state index contributed by atoms with van der Waals surface area (Å²) in [5, 5.41) is 3.28. The van der Waals surface area contributed by atoms with Gasteiger partial charge in [-0.3, -0.25) is 9.59 Å². The quantitative estimate of drug-likeness (QED) is 0.910. The summed E-state index contributed by atoms with van der Waals surface area (Å²) >= 11 is 0. The second-order valence-corrected chi connectivity index (χ2v) is 6.24. The van der Waals surface area contributed by atoms with Crippen molar-refractivity contribution in [1.29, 1.82) is 0 Å². The molecule has 6 heteroatoms. The van der Waals surface area contributed by atoms with E-state index in [2.05, 4.69) is 5.32 Å². The third-order valence-corrected chi connectivity index (χ3v) is 4.81. The Hall–Kier alpha value is -1.85. The van der Waals surface area contributed by atoms with E-state index in [1.807, 2.05) is 42.3 Å². The van der Waals surface area contributed by atoms with Crippen molar-refractivity contribution in [2.75, 3.05) is 20.1 Å². The van der Waals surface area contributed by atoms with Crippen molar-refractivity contribution in [3.8, 4) is 0 Å². The van der Waals surface area contributed by atoms with Gasteiger partial charge in [-0.05, 0) is 30.2 Å². The Balaban J connectivity index is 0.00000208. The molecule has 5 nitrogen and oxygen atoms in total. The van der Waals surface area contributed by atoms with Gasteiger partial charge in [0, 0.05) is 32.8 Å². The summed E-state index contributed by atoms with van der Waals surface area (Å²) in [6, 6.07) is 7.98. The highest BCUT2D eigenvalue weighted by atomic mass is 35.5. The van der Waals surface area contributed by atoms with Crippen LogP contribution in [0.25, 0.3) is 6.08 Å². The molecular formula is C18H24ClN3O2. The Kier molecular flexibility index (Phi) is 6.02. The number of nitrogens with one attached hydrogen (secondary N) is 1. The molecule has 1 N–H and O–H groups in total. The van der Waals surface area contributed by atoms with Gasteiger partial charge >= 0.3 is 0 Å². The Labute approximate surface area is 149 Å². The maximum Gasteiger partial charge on any atom is 0.225 e. The van der Waals surface area contributed by atoms with E-state index in [-0.39, 0.29) is 36.3 Å². The van der Waals surface area contributed by atoms with Crippen molar-refractivity contribution < 1.29 is 9.59 Å². The first-order valence-electron chi connectivity index (χ1n) is 8.10. The minimum Gasteiger partial charge on any atom is -0.341 e. The minimum atomic E-state index is -0.224. The highest BCUT2D eigenvalue weighted by Crippen LogP contribution is 2.33. The molecule has 2 aliphatic rings. The van der Waals surface area contributed by atoms with Crippen LogP contribution in [0.2, 0.25) is 0 Å². The lowest BCUT2D eigenvalue weighted by Gasteiger charge is -2.34. The van der Waals surface area contributed by atoms with Gasteiger partial charge in [0.15, 0.2) is 0 Å². The normalized spacial score (nSPS) is 21.8. The van der Waals surface area contributed by atoms with E-state index in [1.54, 1.807) is 18.0 Å². The predicted molar refractivity (Wildman–Crippen MR) is 96.6 cm³/mol. The molecule has 130 valence electrons. The second-order valence-electron chi connectivity index (χ2n) is 6.24. The summed E-state index contributed by atoms with van der Waals surface area (Å²) in [6.45, 7) is 3.34. The van der Waals surface area contributed by atoms with Crippen LogP contribution in [0.5, 0.6) is 0 Å². The lowest BCUT2D eigenvalue weighted by molar-refractivity contribution is -0.135. The van der Waals surface area contributed by atoms with E-state index >= 15 is 0 Å². The average molecular weight is 350 g/mol. The van der Waals surface area contributed by atoms with Gasteiger partial charge in [-0.25, -0.2) is 0 Å². The monoisotopic (exact) mass is 349 g/mol. The van der Waals surface area contributed by atoms with E-state index in [9.17, 15) is 9.59 Å². The van der Waals surface area contributed by atoms with Gasteiger partial charge in [0.25, 0.3) is 0 Å². The van der Waals surface area contributed by atoms with Crippen molar-refractivity contribution in [1.82, 2.24) is 15.1 Å². The second kappa shape index (κ2) is 7.81. The number of likely N-dealkylation sites (N-methyl/N-ethyl adjacent to an activating group) is 1. The number of benzene rings is 1. The van der Waals surface area contributed by atoms with Crippen LogP contribution < -0.4 is 5.32 Å². The minimum absolute atomic E-state index is 0. The molecule has 0 spiro atoms. The van der Waals surface area contributed by atoms with Crippen molar-refractivity contribution in [3.05, 3.63) is 41.6 Å². The summed E-state index contributed by atoms with van der Waals surface area (Å²) < 4.78 is 0. The van der Waals surface area contributed by atoms with Gasteiger partial charge in [0.1, 0.15) is 0 Å². The van der Waals surface area contributed by atoms with Gasteiger partial charge in [-0.2, -0.15) is 0 Å². The summed E-state index contributed by atoms with van der Waals surface area (Å²) in [5.74, 6) is 0.0405. The smallest absolute Gasteiger partial charge is 0.225 e. The van der Waals surface area contributed by atoms with Crippen molar-refractivity contribution >= 4 is 30.3 Å². The molecule has 2 unspecified atom stereocenters. The highest BCUT2D eigenvalue weighted by molar-refractivity contribution is 5.85. The van der Waals surface area contributed by atoms with E-state index < -0.39 is 0 Å². The lowest BCUT2D eigenvalue weighted by atomic mass is 9.93. The molecular weight excluding hydrogens is 326 g/mol. The van der Waals surface area contributed by atoms with Gasteiger partial charge in [-0.15, -0.1) is 12.4 Å². The molecule has 0 saturated carbocycles. The summed E-state index contributed by atoms with van der Waals surface area (Å²) in [6.07, 6.45) is 5.02. The first kappa shape index (κ1) is 18.5. The Morgan fingerprint density at radius 1 is 1.33 bits per heavy atom. The maximum absolute atomic E-state index is 12.7. The molecule has 1 aromatic carbocycles. The number of carbonyl (C=O) groups is 2. The van der Waals surface area contributed by atoms with E-state index in [0.29, 0.717) is 6.42 Å². The van der Waals surface area contributed by atoms with Crippen LogP contribution in [0.4, 0.5) is 0 Å². The summed E-state index contributed by atoms with van der Waals surface area (Å²) in [4.78, 5) is 28.2. The SMILES string of the molecule is CC(=O)N1C=Cc2ccccc2C1CC(=O)N(C)C1CCNC1.Cl. The predicted octanol–water partition coefficient (Wildman–Crippen LogP) is 2.19. The molecule has 2 aliphatic heterocycles. The maximum atomic E-state index is 12.7. The number of halogens is 1. The molecule has 0 bridgehead atoms. The third kappa shape index (κ3) is 3.62. The van der Waals surface area contributed by atoms with Crippen LogP contribution in [-0.2, 0) is 9.59 Å². The van der Waals surface area contributed by atoms with E-state index in [0.717, 1.165) is 30.6 Å². The molecule has 3 rings (SSSR count). The average Bonchev–Trinajstić information content (AvgIpc) is 3.08. The fourth-order valence-corrected chi connectivity index (χ4v) is 3.40. The van der Waals surface area contributed by atoms with Gasteiger partial charge < -0.3 is 15.1 Å². The fourth-order valence-electron chi connectivity index (χ4n) is 3.40. The zero-order valence-corrected chi connectivity index (χ0v) is 14.9. The number of carbonyl (C=O) groups excluding carboxylic acids is 2. The number of rotatable bonds is 3. The fraction of sp³-hybridized carbons (Fsp3) is 0.444. The zero-order valence-electron chi connectivity index (χ0n) is 14.1. The highest BCUT2D eigenvalue weighted by Gasteiger charge is 2.31. The molecule has 2 atom stereocenters. The Bertz CT molecular complexity index is 641. The van der Waals surface area contributed by atoms with Crippen LogP contribution in [0, 0.1) is 0 Å². The van der Waals surface area contributed by atoms with E-state index in [4.69, 9.17) is 0 Å². The molecule has 0 radical (unpaired) electrons. The van der Waals surface area contributed by atoms with Crippen molar-refractivity contribution in [2.24, 2.45) is 0 Å². The molecule has 1 saturated heterocycles. The van der Waals surface area contributed by atoms with Gasteiger partial charge in [-0.1, -0.05) is 24.3 Å². The number of hydrogen-bond acceptors (Lipinski definition) is 3. The zero-order chi connectivity index (χ0) is 16.4. The van der Waals surface area contributed by atoms with Crippen molar-refractivity contribution in [2.45, 2.75) is 31.8 Å². The van der Waals surface area contributed by atoms with Crippen LogP contribution in [0.15, 0.2) is 30.5 Å². The molecule has 1 aromatic rings. The molecule has 24 heavy (non-hydrogen) atoms. The van der Waals surface area contributed by atoms with Gasteiger partial charge in [0.05, 0.1) is 12.5 Å². The van der Waals surface area contributed by atoms with Crippen LogP contribution in [-0.4, -0.2) is 47.8 Å². The Morgan fingerprint density at radius 3 is 2.75 bits per heavy atom. The van der Waals surface area contributed by atoms with Crippen molar-refractivity contribution in [3.63, 3.8) is 0 Å². The van der Waals surface area contributed by atoms with Crippen LogP contribution in [0.1, 0.15) is 36.9 Å².